The van der Waals surface area contributed by atoms with Crippen LogP contribution < -0.4 is 44.8 Å². The molecule has 0 spiro atoms. The third kappa shape index (κ3) is 3.17. The molecule has 4 nitrogen and oxygen atoms in total. The first-order chi connectivity index (χ1) is 11.4. The number of hydrazine groups is 2. The monoisotopic (exact) mass is 323 g/mol. The number of hydrogen-bond donors (Lipinski definition) is 0. The number of rotatable bonds is 3. The van der Waals surface area contributed by atoms with Gasteiger partial charge in [-0.15, -0.1) is 5.10 Å². The zero-order valence-corrected chi connectivity index (χ0v) is 15.5. The molecule has 1 heterocycles. The summed E-state index contributed by atoms with van der Waals surface area (Å²) in [6.07, 6.45) is 1.83. The van der Waals surface area contributed by atoms with Gasteiger partial charge >= 0.3 is 29.6 Å². The molecule has 0 atom stereocenters. The molecule has 4 rings (SSSR count). The Morgan fingerprint density at radius 3 is 1.54 bits per heavy atom. The van der Waals surface area contributed by atoms with Gasteiger partial charge in [0.15, 0.2) is 0 Å². The maximum Gasteiger partial charge on any atom is 1.00 e. The summed E-state index contributed by atoms with van der Waals surface area (Å²) in [5, 5.41) is 10.5. The SMILES string of the molecule is C1=NN(c2ccccc2)N(c2ccccc2)N1c1ccccc1.[Na+]. The van der Waals surface area contributed by atoms with E-state index in [1.807, 2.05) is 88.3 Å². The Balaban J connectivity index is 0.00000169. The van der Waals surface area contributed by atoms with Gasteiger partial charge < -0.3 is 0 Å². The molecule has 0 radical (unpaired) electrons. The molecule has 0 unspecified atom stereocenters. The summed E-state index contributed by atoms with van der Waals surface area (Å²) in [4.78, 5) is 0. The van der Waals surface area contributed by atoms with Crippen molar-refractivity contribution < 1.29 is 29.6 Å². The van der Waals surface area contributed by atoms with E-state index in [-0.39, 0.29) is 29.6 Å². The molecule has 112 valence electrons. The molecule has 3 aromatic carbocycles. The van der Waals surface area contributed by atoms with Gasteiger partial charge in [-0.2, -0.15) is 10.2 Å². The molecule has 1 aliphatic rings. The first-order valence-corrected chi connectivity index (χ1v) is 7.52. The topological polar surface area (TPSA) is 22.1 Å². The van der Waals surface area contributed by atoms with Crippen LogP contribution in [0.4, 0.5) is 17.1 Å². The van der Waals surface area contributed by atoms with Crippen LogP contribution in [0.1, 0.15) is 0 Å². The fraction of sp³-hybridized carbons (Fsp3) is 0. The fourth-order valence-corrected chi connectivity index (χ4v) is 2.58. The minimum absolute atomic E-state index is 0. The summed E-state index contributed by atoms with van der Waals surface area (Å²) in [7, 11) is 0. The van der Waals surface area contributed by atoms with E-state index in [9.17, 15) is 0 Å². The molecule has 24 heavy (non-hydrogen) atoms. The van der Waals surface area contributed by atoms with Crippen LogP contribution in [-0.2, 0) is 0 Å². The van der Waals surface area contributed by atoms with Crippen molar-refractivity contribution in [1.29, 1.82) is 0 Å². The van der Waals surface area contributed by atoms with Crippen molar-refractivity contribution in [1.82, 2.24) is 0 Å². The maximum atomic E-state index is 4.58. The van der Waals surface area contributed by atoms with Crippen molar-refractivity contribution in [2.45, 2.75) is 0 Å². The van der Waals surface area contributed by atoms with Gasteiger partial charge in [0, 0.05) is 0 Å². The third-order valence-corrected chi connectivity index (χ3v) is 3.65. The van der Waals surface area contributed by atoms with E-state index < -0.39 is 0 Å². The van der Waals surface area contributed by atoms with Crippen molar-refractivity contribution in [2.24, 2.45) is 5.10 Å². The van der Waals surface area contributed by atoms with Gasteiger partial charge in [0.25, 0.3) is 0 Å². The predicted octanol–water partition coefficient (Wildman–Crippen LogP) is 1.30. The van der Waals surface area contributed by atoms with Crippen LogP contribution in [0.2, 0.25) is 0 Å². The zero-order chi connectivity index (χ0) is 15.5. The van der Waals surface area contributed by atoms with Crippen molar-refractivity contribution in [3.63, 3.8) is 0 Å². The van der Waals surface area contributed by atoms with Crippen LogP contribution in [0.15, 0.2) is 96.1 Å². The molecular weight excluding hydrogens is 307 g/mol. The Morgan fingerprint density at radius 2 is 1.00 bits per heavy atom. The standard InChI is InChI=1S/C19H16N4.Na/c1-4-10-17(11-5-1)21-16-20-22(18-12-6-2-7-13-18)23(21)19-14-8-3-9-15-19;/h1-16H;/q;+1. The molecule has 5 heteroatoms. The molecule has 0 N–H and O–H groups in total. The van der Waals surface area contributed by atoms with Crippen LogP contribution in [0.5, 0.6) is 0 Å². The molecule has 0 amide bonds. The van der Waals surface area contributed by atoms with Gasteiger partial charge in [-0.1, -0.05) is 54.6 Å². The van der Waals surface area contributed by atoms with Gasteiger partial charge in [-0.3, -0.25) is 0 Å². The number of hydrogen-bond acceptors (Lipinski definition) is 4. The van der Waals surface area contributed by atoms with Crippen LogP contribution in [0.25, 0.3) is 0 Å². The summed E-state index contributed by atoms with van der Waals surface area (Å²) in [5.74, 6) is 0. The Bertz CT molecular complexity index is 744. The Morgan fingerprint density at radius 1 is 0.542 bits per heavy atom. The van der Waals surface area contributed by atoms with Crippen molar-refractivity contribution in [3.8, 4) is 0 Å². The normalized spacial score (nSPS) is 13.1. The molecule has 0 saturated carbocycles. The molecule has 3 aromatic rings. The minimum atomic E-state index is 0. The van der Waals surface area contributed by atoms with Crippen molar-refractivity contribution >= 4 is 23.4 Å². The second-order valence-corrected chi connectivity index (χ2v) is 5.16. The number of hydrazone groups is 1. The van der Waals surface area contributed by atoms with E-state index in [0.29, 0.717) is 0 Å². The van der Waals surface area contributed by atoms with Gasteiger partial charge in [-0.25, -0.2) is 5.01 Å². The summed E-state index contributed by atoms with van der Waals surface area (Å²) in [6, 6.07) is 30.5. The third-order valence-electron chi connectivity index (χ3n) is 3.65. The Kier molecular flexibility index (Phi) is 5.20. The van der Waals surface area contributed by atoms with Crippen LogP contribution in [-0.4, -0.2) is 6.34 Å². The second kappa shape index (κ2) is 7.53. The van der Waals surface area contributed by atoms with E-state index in [2.05, 4.69) is 29.4 Å². The number of nitrogens with zero attached hydrogens (tertiary/aromatic N) is 4. The summed E-state index contributed by atoms with van der Waals surface area (Å²) < 4.78 is 0. The number of anilines is 3. The van der Waals surface area contributed by atoms with Gasteiger partial charge in [0.2, 0.25) is 0 Å². The summed E-state index contributed by atoms with van der Waals surface area (Å²) >= 11 is 0. The Hall–Kier alpha value is -2.27. The zero-order valence-electron chi connectivity index (χ0n) is 13.5. The van der Waals surface area contributed by atoms with Crippen molar-refractivity contribution in [2.75, 3.05) is 15.2 Å². The first-order valence-electron chi connectivity index (χ1n) is 7.52. The smallest absolute Gasteiger partial charge is 0.220 e. The van der Waals surface area contributed by atoms with E-state index in [1.54, 1.807) is 0 Å². The number of para-hydroxylation sites is 3. The number of benzene rings is 3. The maximum absolute atomic E-state index is 4.58. The van der Waals surface area contributed by atoms with Gasteiger partial charge in [-0.05, 0) is 36.4 Å². The molecule has 0 fully saturated rings. The predicted molar refractivity (Wildman–Crippen MR) is 95.3 cm³/mol. The first kappa shape index (κ1) is 16.6. The largest absolute Gasteiger partial charge is 1.00 e. The molecule has 0 aromatic heterocycles. The second-order valence-electron chi connectivity index (χ2n) is 5.16. The average molecular weight is 323 g/mol. The van der Waals surface area contributed by atoms with E-state index in [4.69, 9.17) is 0 Å². The van der Waals surface area contributed by atoms with Crippen LogP contribution in [0.3, 0.4) is 0 Å². The molecule has 0 aliphatic carbocycles. The van der Waals surface area contributed by atoms with E-state index in [0.717, 1.165) is 17.1 Å². The fourth-order valence-electron chi connectivity index (χ4n) is 2.58. The van der Waals surface area contributed by atoms with E-state index >= 15 is 0 Å². The van der Waals surface area contributed by atoms with Gasteiger partial charge in [0.05, 0.1) is 17.1 Å². The van der Waals surface area contributed by atoms with Crippen LogP contribution in [0, 0.1) is 0 Å². The quantitative estimate of drug-likeness (QED) is 0.678. The van der Waals surface area contributed by atoms with Gasteiger partial charge in [0.1, 0.15) is 6.34 Å². The molecular formula is C19H16N4Na+. The molecule has 0 bridgehead atoms. The Labute approximate surface area is 163 Å². The van der Waals surface area contributed by atoms with Crippen LogP contribution >= 0.6 is 0 Å². The average Bonchev–Trinajstić information content (AvgIpc) is 3.09. The minimum Gasteiger partial charge on any atom is -0.220 e. The van der Waals surface area contributed by atoms with E-state index in [1.165, 1.54) is 0 Å². The summed E-state index contributed by atoms with van der Waals surface area (Å²) in [5.41, 5.74) is 3.10. The summed E-state index contributed by atoms with van der Waals surface area (Å²) in [6.45, 7) is 0. The molecule has 1 aliphatic heterocycles. The molecule has 0 saturated heterocycles. The van der Waals surface area contributed by atoms with Crippen molar-refractivity contribution in [3.05, 3.63) is 91.0 Å².